The van der Waals surface area contributed by atoms with Crippen molar-refractivity contribution in [2.24, 2.45) is 0 Å². The quantitative estimate of drug-likeness (QED) is 0.751. The number of hydrogen-bond donors (Lipinski definition) is 2. The van der Waals surface area contributed by atoms with Crippen molar-refractivity contribution in [1.29, 1.82) is 0 Å². The molecule has 132 valence electrons. The molecule has 1 fully saturated rings. The minimum absolute atomic E-state index is 0.0416. The maximum absolute atomic E-state index is 12.2. The lowest BCUT2D eigenvalue weighted by atomic mass is 10.1. The molecule has 2 N–H and O–H groups in total. The van der Waals surface area contributed by atoms with Crippen LogP contribution in [0.15, 0.2) is 18.2 Å². The number of amides is 3. The van der Waals surface area contributed by atoms with Crippen LogP contribution in [-0.2, 0) is 9.53 Å². The molecular formula is C18H27N3O3. The van der Waals surface area contributed by atoms with E-state index >= 15 is 0 Å². The van der Waals surface area contributed by atoms with Gasteiger partial charge in [0.1, 0.15) is 0 Å². The van der Waals surface area contributed by atoms with Crippen LogP contribution < -0.4 is 15.5 Å². The molecule has 0 aromatic heterocycles. The van der Waals surface area contributed by atoms with Crippen molar-refractivity contribution < 1.29 is 14.3 Å². The number of nitrogens with one attached hydrogen (secondary N) is 2. The molecule has 1 aliphatic rings. The van der Waals surface area contributed by atoms with Gasteiger partial charge in [-0.15, -0.1) is 0 Å². The highest BCUT2D eigenvalue weighted by Crippen LogP contribution is 2.24. The third-order valence-electron chi connectivity index (χ3n) is 4.22. The van der Waals surface area contributed by atoms with Gasteiger partial charge < -0.3 is 20.3 Å². The lowest BCUT2D eigenvalue weighted by Crippen LogP contribution is -2.43. The average Bonchev–Trinajstić information content (AvgIpc) is 2.90. The summed E-state index contributed by atoms with van der Waals surface area (Å²) in [4.78, 5) is 25.9. The molecule has 1 aromatic rings. The van der Waals surface area contributed by atoms with Crippen molar-refractivity contribution in [1.82, 2.24) is 10.6 Å². The molecule has 0 bridgehead atoms. The van der Waals surface area contributed by atoms with Crippen molar-refractivity contribution in [3.63, 3.8) is 0 Å². The monoisotopic (exact) mass is 333 g/mol. The Morgan fingerprint density at radius 1 is 1.33 bits per heavy atom. The van der Waals surface area contributed by atoms with Crippen LogP contribution in [0.3, 0.4) is 0 Å². The number of urea groups is 1. The summed E-state index contributed by atoms with van der Waals surface area (Å²) >= 11 is 0. The summed E-state index contributed by atoms with van der Waals surface area (Å²) in [6.45, 7) is 8.42. The van der Waals surface area contributed by atoms with Gasteiger partial charge in [0.25, 0.3) is 0 Å². The summed E-state index contributed by atoms with van der Waals surface area (Å²) in [7, 11) is 0. The molecular weight excluding hydrogens is 306 g/mol. The highest BCUT2D eigenvalue weighted by atomic mass is 16.5. The normalized spacial score (nSPS) is 17.2. The van der Waals surface area contributed by atoms with Crippen molar-refractivity contribution in [2.75, 3.05) is 31.2 Å². The minimum atomic E-state index is -0.230. The van der Waals surface area contributed by atoms with Gasteiger partial charge in [-0.2, -0.15) is 0 Å². The van der Waals surface area contributed by atoms with Crippen molar-refractivity contribution in [3.8, 4) is 0 Å². The van der Waals surface area contributed by atoms with E-state index < -0.39 is 0 Å². The fourth-order valence-electron chi connectivity index (χ4n) is 2.70. The maximum atomic E-state index is 12.2. The zero-order chi connectivity index (χ0) is 17.5. The molecule has 1 atom stereocenters. The van der Waals surface area contributed by atoms with E-state index in [-0.39, 0.29) is 18.0 Å². The molecule has 1 unspecified atom stereocenters. The number of nitrogens with zero attached hydrogens (tertiary/aromatic N) is 1. The van der Waals surface area contributed by atoms with Crippen LogP contribution in [0.2, 0.25) is 0 Å². The van der Waals surface area contributed by atoms with Gasteiger partial charge in [-0.25, -0.2) is 4.79 Å². The van der Waals surface area contributed by atoms with E-state index in [2.05, 4.69) is 10.6 Å². The lowest BCUT2D eigenvalue weighted by Gasteiger charge is -2.18. The van der Waals surface area contributed by atoms with Gasteiger partial charge in [-0.05, 0) is 50.5 Å². The summed E-state index contributed by atoms with van der Waals surface area (Å²) in [6.07, 6.45) is 1.11. The molecule has 2 rings (SSSR count). The minimum Gasteiger partial charge on any atom is -0.382 e. The van der Waals surface area contributed by atoms with Crippen LogP contribution in [0, 0.1) is 13.8 Å². The van der Waals surface area contributed by atoms with Crippen LogP contribution in [0.4, 0.5) is 10.5 Å². The van der Waals surface area contributed by atoms with E-state index in [9.17, 15) is 9.59 Å². The zero-order valence-electron chi connectivity index (χ0n) is 14.7. The Balaban J connectivity index is 1.81. The Morgan fingerprint density at radius 2 is 2.12 bits per heavy atom. The van der Waals surface area contributed by atoms with Crippen LogP contribution in [-0.4, -0.2) is 44.3 Å². The number of hydrogen-bond acceptors (Lipinski definition) is 3. The van der Waals surface area contributed by atoms with Crippen LogP contribution in [0.25, 0.3) is 0 Å². The van der Waals surface area contributed by atoms with Gasteiger partial charge >= 0.3 is 6.03 Å². The molecule has 1 aromatic carbocycles. The molecule has 0 saturated carbocycles. The number of aryl methyl sites for hydroxylation is 2. The molecule has 1 aliphatic heterocycles. The fraction of sp³-hybridized carbons (Fsp3) is 0.556. The molecule has 0 aliphatic carbocycles. The van der Waals surface area contributed by atoms with E-state index in [1.54, 1.807) is 4.90 Å². The number of rotatable bonds is 7. The number of anilines is 1. The van der Waals surface area contributed by atoms with Crippen molar-refractivity contribution in [3.05, 3.63) is 29.3 Å². The van der Waals surface area contributed by atoms with Crippen LogP contribution in [0.5, 0.6) is 0 Å². The van der Waals surface area contributed by atoms with Gasteiger partial charge in [-0.1, -0.05) is 6.07 Å². The number of carbonyl (C=O) groups excluding carboxylic acids is 2. The Labute approximate surface area is 143 Å². The summed E-state index contributed by atoms with van der Waals surface area (Å²) < 4.78 is 5.22. The summed E-state index contributed by atoms with van der Waals surface area (Å²) in [5.74, 6) is 0.0416. The highest BCUT2D eigenvalue weighted by molar-refractivity contribution is 5.96. The largest absolute Gasteiger partial charge is 0.382 e. The first-order chi connectivity index (χ1) is 11.5. The Morgan fingerprint density at radius 3 is 2.83 bits per heavy atom. The number of benzene rings is 1. The van der Waals surface area contributed by atoms with Gasteiger partial charge in [0.2, 0.25) is 5.91 Å². The SMILES string of the molecule is CCOCCCNC(=O)NC1CC(=O)N(c2ccc(C)c(C)c2)C1. The van der Waals surface area contributed by atoms with E-state index in [4.69, 9.17) is 4.74 Å². The van der Waals surface area contributed by atoms with Gasteiger partial charge in [0.05, 0.1) is 6.04 Å². The first-order valence-electron chi connectivity index (χ1n) is 8.51. The Kier molecular flexibility index (Phi) is 6.61. The second kappa shape index (κ2) is 8.68. The second-order valence-corrected chi connectivity index (χ2v) is 6.12. The predicted octanol–water partition coefficient (Wildman–Crippen LogP) is 2.13. The molecule has 6 heteroatoms. The lowest BCUT2D eigenvalue weighted by molar-refractivity contribution is -0.117. The van der Waals surface area contributed by atoms with Crippen LogP contribution in [0.1, 0.15) is 30.9 Å². The zero-order valence-corrected chi connectivity index (χ0v) is 14.7. The molecule has 0 radical (unpaired) electrons. The average molecular weight is 333 g/mol. The standard InChI is InChI=1S/C18H27N3O3/c1-4-24-9-5-8-19-18(23)20-15-11-17(22)21(12-15)16-7-6-13(2)14(3)10-16/h6-7,10,15H,4-5,8-9,11-12H2,1-3H3,(H2,19,20,23). The molecule has 1 saturated heterocycles. The van der Waals surface area contributed by atoms with Crippen LogP contribution >= 0.6 is 0 Å². The molecule has 24 heavy (non-hydrogen) atoms. The van der Waals surface area contributed by atoms with E-state index in [0.29, 0.717) is 32.7 Å². The smallest absolute Gasteiger partial charge is 0.315 e. The summed E-state index contributed by atoms with van der Waals surface area (Å²) in [5, 5.41) is 5.67. The Bertz CT molecular complexity index is 589. The summed E-state index contributed by atoms with van der Waals surface area (Å²) in [6, 6.07) is 5.60. The molecule has 1 heterocycles. The van der Waals surface area contributed by atoms with Gasteiger partial charge in [-0.3, -0.25) is 4.79 Å². The van der Waals surface area contributed by atoms with E-state index in [1.807, 2.05) is 39.0 Å². The predicted molar refractivity (Wildman–Crippen MR) is 94.3 cm³/mol. The topological polar surface area (TPSA) is 70.7 Å². The van der Waals surface area contributed by atoms with Gasteiger partial charge in [0.15, 0.2) is 0 Å². The first-order valence-corrected chi connectivity index (χ1v) is 8.51. The van der Waals surface area contributed by atoms with Crippen molar-refractivity contribution in [2.45, 2.75) is 39.7 Å². The van der Waals surface area contributed by atoms with E-state index in [1.165, 1.54) is 5.56 Å². The first kappa shape index (κ1) is 18.3. The molecule has 3 amide bonds. The molecule has 6 nitrogen and oxygen atoms in total. The van der Waals surface area contributed by atoms with Crippen molar-refractivity contribution >= 4 is 17.6 Å². The fourth-order valence-corrected chi connectivity index (χ4v) is 2.70. The number of ether oxygens (including phenoxy) is 1. The Hall–Kier alpha value is -2.08. The highest BCUT2D eigenvalue weighted by Gasteiger charge is 2.31. The third kappa shape index (κ3) is 4.96. The maximum Gasteiger partial charge on any atom is 0.315 e. The summed E-state index contributed by atoms with van der Waals surface area (Å²) in [5.41, 5.74) is 3.25. The molecule has 0 spiro atoms. The van der Waals surface area contributed by atoms with E-state index in [0.717, 1.165) is 17.7 Å². The second-order valence-electron chi connectivity index (χ2n) is 6.12. The van der Waals surface area contributed by atoms with Gasteiger partial charge in [0, 0.05) is 38.4 Å². The number of carbonyl (C=O) groups is 2. The third-order valence-corrected chi connectivity index (χ3v) is 4.22.